The summed E-state index contributed by atoms with van der Waals surface area (Å²) in [7, 11) is 0. The summed E-state index contributed by atoms with van der Waals surface area (Å²) in [5.74, 6) is -0.588. The molecular weight excluding hydrogens is 369 g/mol. The molecule has 2 aromatic carbocycles. The fraction of sp³-hybridized carbons (Fsp3) is 0.143. The van der Waals surface area contributed by atoms with Crippen LogP contribution in [0.3, 0.4) is 0 Å². The van der Waals surface area contributed by atoms with Gasteiger partial charge < -0.3 is 5.32 Å². The minimum absolute atomic E-state index is 0.0510. The smallest absolute Gasteiger partial charge is 0.348 e. The fourth-order valence-corrected chi connectivity index (χ4v) is 2.82. The summed E-state index contributed by atoms with van der Waals surface area (Å²) in [6, 6.07) is 16.5. The van der Waals surface area contributed by atoms with E-state index in [1.165, 1.54) is 24.3 Å². The van der Waals surface area contributed by atoms with E-state index in [-0.39, 0.29) is 17.8 Å². The predicted octanol–water partition coefficient (Wildman–Crippen LogP) is 4.09. The molecule has 0 atom stereocenters. The molecule has 1 heterocycles. The summed E-state index contributed by atoms with van der Waals surface area (Å²) in [6.45, 7) is 1.82. The normalized spacial score (nSPS) is 11.3. The van der Waals surface area contributed by atoms with Gasteiger partial charge in [0.1, 0.15) is 5.56 Å². The van der Waals surface area contributed by atoms with Gasteiger partial charge in [-0.25, -0.2) is 0 Å². The van der Waals surface area contributed by atoms with E-state index in [0.717, 1.165) is 22.3 Å². The number of pyridine rings is 1. The average molecular weight is 386 g/mol. The van der Waals surface area contributed by atoms with E-state index >= 15 is 0 Å². The molecule has 0 aliphatic carbocycles. The van der Waals surface area contributed by atoms with Crippen molar-refractivity contribution in [3.05, 3.63) is 99.5 Å². The number of carbonyl (C=O) groups excluding carboxylic acids is 1. The molecule has 28 heavy (non-hydrogen) atoms. The van der Waals surface area contributed by atoms with E-state index in [1.807, 2.05) is 30.3 Å². The van der Waals surface area contributed by atoms with Crippen LogP contribution in [0.4, 0.5) is 13.2 Å². The first-order valence-electron chi connectivity index (χ1n) is 8.50. The van der Waals surface area contributed by atoms with Crippen LogP contribution in [-0.2, 0) is 12.7 Å². The maximum atomic E-state index is 13.0. The number of rotatable bonds is 4. The molecule has 3 aromatic rings. The second kappa shape index (κ2) is 7.72. The third kappa shape index (κ3) is 4.14. The molecule has 1 aromatic heterocycles. The number of hydrogen-bond donors (Lipinski definition) is 1. The molecule has 0 aliphatic heterocycles. The Morgan fingerprint density at radius 2 is 1.71 bits per heavy atom. The average Bonchev–Trinajstić information content (AvgIpc) is 2.67. The number of benzene rings is 2. The highest BCUT2D eigenvalue weighted by molar-refractivity contribution is 5.93. The zero-order valence-corrected chi connectivity index (χ0v) is 15.0. The number of aryl methyl sites for hydroxylation is 1. The first-order valence-corrected chi connectivity index (χ1v) is 8.50. The van der Waals surface area contributed by atoms with Crippen LogP contribution in [0.2, 0.25) is 0 Å². The van der Waals surface area contributed by atoms with Gasteiger partial charge in [0.15, 0.2) is 0 Å². The van der Waals surface area contributed by atoms with Gasteiger partial charge in [-0.05, 0) is 42.8 Å². The van der Waals surface area contributed by atoms with Crippen LogP contribution in [0.25, 0.3) is 5.69 Å². The van der Waals surface area contributed by atoms with Crippen LogP contribution in [0.5, 0.6) is 0 Å². The number of nitrogens with one attached hydrogen (secondary N) is 1. The van der Waals surface area contributed by atoms with Crippen molar-refractivity contribution in [1.29, 1.82) is 0 Å². The van der Waals surface area contributed by atoms with E-state index in [0.29, 0.717) is 5.69 Å². The van der Waals surface area contributed by atoms with Gasteiger partial charge in [0.2, 0.25) is 0 Å². The summed E-state index contributed by atoms with van der Waals surface area (Å²) in [4.78, 5) is 25.3. The topological polar surface area (TPSA) is 51.1 Å². The molecule has 0 spiro atoms. The number of aromatic nitrogens is 1. The number of hydrogen-bond acceptors (Lipinski definition) is 2. The van der Waals surface area contributed by atoms with Gasteiger partial charge in [-0.2, -0.15) is 13.2 Å². The first kappa shape index (κ1) is 19.4. The van der Waals surface area contributed by atoms with Crippen molar-refractivity contribution in [2.45, 2.75) is 19.6 Å². The second-order valence-corrected chi connectivity index (χ2v) is 6.25. The molecule has 0 fully saturated rings. The lowest BCUT2D eigenvalue weighted by atomic mass is 10.1. The summed E-state index contributed by atoms with van der Waals surface area (Å²) in [6.07, 6.45) is -4.53. The van der Waals surface area contributed by atoms with Crippen molar-refractivity contribution in [3.8, 4) is 5.69 Å². The highest BCUT2D eigenvalue weighted by atomic mass is 19.4. The van der Waals surface area contributed by atoms with Crippen molar-refractivity contribution in [1.82, 2.24) is 9.88 Å². The van der Waals surface area contributed by atoms with E-state index in [9.17, 15) is 22.8 Å². The van der Waals surface area contributed by atoms with Crippen LogP contribution in [-0.4, -0.2) is 10.5 Å². The van der Waals surface area contributed by atoms with Crippen molar-refractivity contribution in [3.63, 3.8) is 0 Å². The van der Waals surface area contributed by atoms with Gasteiger partial charge in [-0.1, -0.05) is 36.4 Å². The molecule has 0 radical (unpaired) electrons. The third-order valence-electron chi connectivity index (χ3n) is 4.25. The van der Waals surface area contributed by atoms with Gasteiger partial charge in [-0.15, -0.1) is 0 Å². The summed E-state index contributed by atoms with van der Waals surface area (Å²) >= 11 is 0. The molecule has 0 saturated carbocycles. The Balaban J connectivity index is 1.95. The standard InChI is InChI=1S/C21H17F3N2O2/c1-14-10-11-18(19(27)25-13-15-6-3-2-4-7-15)20(28)26(14)17-9-5-8-16(12-17)21(22,23)24/h2-12H,13H2,1H3,(H,25,27). The summed E-state index contributed by atoms with van der Waals surface area (Å²) in [5, 5.41) is 2.66. The number of halogens is 3. The van der Waals surface area contributed by atoms with Crippen molar-refractivity contribution in [2.24, 2.45) is 0 Å². The zero-order valence-electron chi connectivity index (χ0n) is 15.0. The lowest BCUT2D eigenvalue weighted by Gasteiger charge is -2.14. The molecule has 0 saturated heterocycles. The first-order chi connectivity index (χ1) is 13.3. The number of carbonyl (C=O) groups is 1. The van der Waals surface area contributed by atoms with Crippen LogP contribution in [0.15, 0.2) is 71.5 Å². The molecule has 4 nitrogen and oxygen atoms in total. The van der Waals surface area contributed by atoms with Gasteiger partial charge >= 0.3 is 6.18 Å². The Labute approximate surface area is 159 Å². The summed E-state index contributed by atoms with van der Waals surface area (Å²) in [5.41, 5.74) is -0.348. The molecule has 3 rings (SSSR count). The second-order valence-electron chi connectivity index (χ2n) is 6.25. The largest absolute Gasteiger partial charge is 0.416 e. The third-order valence-corrected chi connectivity index (χ3v) is 4.25. The quantitative estimate of drug-likeness (QED) is 0.734. The molecule has 144 valence electrons. The van der Waals surface area contributed by atoms with Gasteiger partial charge in [0.25, 0.3) is 11.5 Å². The molecule has 0 aliphatic rings. The number of nitrogens with zero attached hydrogens (tertiary/aromatic N) is 1. The Morgan fingerprint density at radius 3 is 2.39 bits per heavy atom. The van der Waals surface area contributed by atoms with Gasteiger partial charge in [0.05, 0.1) is 5.56 Å². The number of alkyl halides is 3. The fourth-order valence-electron chi connectivity index (χ4n) is 2.82. The lowest BCUT2D eigenvalue weighted by molar-refractivity contribution is -0.137. The molecule has 1 amide bonds. The van der Waals surface area contributed by atoms with Gasteiger partial charge in [0, 0.05) is 17.9 Å². The summed E-state index contributed by atoms with van der Waals surface area (Å²) < 4.78 is 40.1. The van der Waals surface area contributed by atoms with Crippen molar-refractivity contribution in [2.75, 3.05) is 0 Å². The highest BCUT2D eigenvalue weighted by Gasteiger charge is 2.30. The highest BCUT2D eigenvalue weighted by Crippen LogP contribution is 2.30. The molecular formula is C21H17F3N2O2. The Morgan fingerprint density at radius 1 is 1.00 bits per heavy atom. The van der Waals surface area contributed by atoms with Crippen molar-refractivity contribution >= 4 is 5.91 Å². The van der Waals surface area contributed by atoms with Crippen LogP contribution in [0.1, 0.15) is 27.2 Å². The SMILES string of the molecule is Cc1ccc(C(=O)NCc2ccccc2)c(=O)n1-c1cccc(C(F)(F)F)c1. The Hall–Kier alpha value is -3.35. The van der Waals surface area contributed by atoms with Crippen LogP contribution < -0.4 is 10.9 Å². The molecule has 7 heteroatoms. The minimum Gasteiger partial charge on any atom is -0.348 e. The lowest BCUT2D eigenvalue weighted by Crippen LogP contribution is -2.33. The van der Waals surface area contributed by atoms with E-state index in [4.69, 9.17) is 0 Å². The number of amides is 1. The maximum Gasteiger partial charge on any atom is 0.416 e. The Bertz CT molecular complexity index is 1060. The molecule has 0 bridgehead atoms. The molecule has 1 N–H and O–H groups in total. The van der Waals surface area contributed by atoms with E-state index in [2.05, 4.69) is 5.32 Å². The monoisotopic (exact) mass is 386 g/mol. The molecule has 0 unspecified atom stereocenters. The van der Waals surface area contributed by atoms with Gasteiger partial charge in [-0.3, -0.25) is 14.2 Å². The van der Waals surface area contributed by atoms with Crippen LogP contribution >= 0.6 is 0 Å². The van der Waals surface area contributed by atoms with E-state index < -0.39 is 23.2 Å². The van der Waals surface area contributed by atoms with Crippen LogP contribution in [0, 0.1) is 6.92 Å². The predicted molar refractivity (Wildman–Crippen MR) is 99.4 cm³/mol. The van der Waals surface area contributed by atoms with Crippen molar-refractivity contribution < 1.29 is 18.0 Å². The maximum absolute atomic E-state index is 13.0. The van der Waals surface area contributed by atoms with E-state index in [1.54, 1.807) is 6.92 Å². The zero-order chi connectivity index (χ0) is 20.3. The minimum atomic E-state index is -4.53. The Kier molecular flexibility index (Phi) is 5.35.